The van der Waals surface area contributed by atoms with Gasteiger partial charge in [0.1, 0.15) is 5.75 Å². The van der Waals surface area contributed by atoms with Crippen LogP contribution in [0.2, 0.25) is 0 Å². The van der Waals surface area contributed by atoms with Gasteiger partial charge in [-0.3, -0.25) is 0 Å². The second-order valence-electron chi connectivity index (χ2n) is 4.43. The van der Waals surface area contributed by atoms with E-state index in [0.29, 0.717) is 18.2 Å². The molecule has 0 fully saturated rings. The monoisotopic (exact) mass is 285 g/mol. The van der Waals surface area contributed by atoms with Crippen LogP contribution in [0.1, 0.15) is 41.5 Å². The summed E-state index contributed by atoms with van der Waals surface area (Å²) in [6.45, 7) is 8.76. The third-order valence-corrected chi connectivity index (χ3v) is 4.52. The molecule has 1 rings (SSSR count). The first-order chi connectivity index (χ1) is 7.41. The van der Waals surface area contributed by atoms with Crippen LogP contribution in [0.3, 0.4) is 0 Å². The molecular weight excluding hydrogens is 266 g/mol. The highest BCUT2D eigenvalue weighted by atomic mass is 79.9. The molecule has 90 valence electrons. The van der Waals surface area contributed by atoms with Crippen molar-refractivity contribution < 1.29 is 5.11 Å². The van der Waals surface area contributed by atoms with E-state index in [2.05, 4.69) is 22.9 Å². The molecule has 0 aromatic heterocycles. The van der Waals surface area contributed by atoms with Gasteiger partial charge in [0, 0.05) is 10.0 Å². The lowest BCUT2D eigenvalue weighted by Crippen LogP contribution is -2.07. The Labute approximate surface area is 106 Å². The average Bonchev–Trinajstić information content (AvgIpc) is 2.24. The molecule has 1 atom stereocenters. The van der Waals surface area contributed by atoms with E-state index in [9.17, 15) is 5.11 Å². The number of halogens is 1. The van der Waals surface area contributed by atoms with Crippen LogP contribution in [-0.4, -0.2) is 11.7 Å². The molecule has 0 saturated heterocycles. The first-order valence-electron chi connectivity index (χ1n) is 5.60. The van der Waals surface area contributed by atoms with E-state index in [-0.39, 0.29) is 0 Å². The van der Waals surface area contributed by atoms with E-state index >= 15 is 0 Å². The van der Waals surface area contributed by atoms with Gasteiger partial charge in [-0.2, -0.15) is 0 Å². The lowest BCUT2D eigenvalue weighted by Gasteiger charge is -2.20. The fraction of sp³-hybridized carbons (Fsp3) is 0.538. The van der Waals surface area contributed by atoms with Crippen LogP contribution in [-0.2, 0) is 0 Å². The molecule has 0 amide bonds. The molecule has 0 bridgehead atoms. The Morgan fingerprint density at radius 2 is 1.75 bits per heavy atom. The number of phenols is 1. The number of hydrogen-bond donors (Lipinski definition) is 2. The van der Waals surface area contributed by atoms with Gasteiger partial charge >= 0.3 is 0 Å². The Hall–Kier alpha value is -0.540. The molecule has 0 spiro atoms. The maximum Gasteiger partial charge on any atom is 0.122 e. The highest BCUT2D eigenvalue weighted by Crippen LogP contribution is 2.39. The van der Waals surface area contributed by atoms with Crippen molar-refractivity contribution in [2.75, 3.05) is 6.54 Å². The van der Waals surface area contributed by atoms with Gasteiger partial charge in [-0.25, -0.2) is 0 Å². The number of phenolic OH excluding ortho intramolecular Hbond substituents is 1. The molecule has 2 nitrogen and oxygen atoms in total. The molecule has 0 aliphatic heterocycles. The number of hydrogen-bond acceptors (Lipinski definition) is 2. The van der Waals surface area contributed by atoms with Gasteiger partial charge in [0.05, 0.1) is 0 Å². The van der Waals surface area contributed by atoms with Gasteiger partial charge in [0.25, 0.3) is 0 Å². The maximum absolute atomic E-state index is 10.2. The van der Waals surface area contributed by atoms with Crippen molar-refractivity contribution >= 4 is 15.9 Å². The van der Waals surface area contributed by atoms with Gasteiger partial charge in [-0.15, -0.1) is 0 Å². The minimum absolute atomic E-state index is 0.292. The molecule has 0 saturated carbocycles. The summed E-state index contributed by atoms with van der Waals surface area (Å²) in [4.78, 5) is 0. The van der Waals surface area contributed by atoms with Crippen LogP contribution < -0.4 is 5.73 Å². The van der Waals surface area contributed by atoms with Gasteiger partial charge in [0.15, 0.2) is 0 Å². The molecule has 3 N–H and O–H groups in total. The molecular formula is C13H20BrNO. The standard InChI is InChI=1S/C13H20BrNO/c1-7(5-6-15)11-10(4)12(14)8(2)9(3)13(11)16/h7,16H,5-6,15H2,1-4H3. The highest BCUT2D eigenvalue weighted by Gasteiger charge is 2.19. The first kappa shape index (κ1) is 13.5. The zero-order valence-corrected chi connectivity index (χ0v) is 12.0. The smallest absolute Gasteiger partial charge is 0.122 e. The second-order valence-corrected chi connectivity index (χ2v) is 5.22. The summed E-state index contributed by atoms with van der Waals surface area (Å²) in [6.07, 6.45) is 0.892. The van der Waals surface area contributed by atoms with Crippen molar-refractivity contribution in [3.8, 4) is 5.75 Å². The Balaban J connectivity index is 3.39. The van der Waals surface area contributed by atoms with Crippen molar-refractivity contribution in [3.05, 3.63) is 26.7 Å². The molecule has 3 heteroatoms. The fourth-order valence-corrected chi connectivity index (χ4v) is 2.63. The lowest BCUT2D eigenvalue weighted by molar-refractivity contribution is 0.455. The van der Waals surface area contributed by atoms with Crippen molar-refractivity contribution in [1.82, 2.24) is 0 Å². The van der Waals surface area contributed by atoms with E-state index < -0.39 is 0 Å². The summed E-state index contributed by atoms with van der Waals surface area (Å²) < 4.78 is 1.10. The zero-order chi connectivity index (χ0) is 12.5. The Morgan fingerprint density at radius 1 is 1.19 bits per heavy atom. The van der Waals surface area contributed by atoms with Crippen molar-refractivity contribution in [2.24, 2.45) is 5.73 Å². The highest BCUT2D eigenvalue weighted by molar-refractivity contribution is 9.10. The quantitative estimate of drug-likeness (QED) is 0.892. The van der Waals surface area contributed by atoms with E-state index in [1.165, 1.54) is 0 Å². The largest absolute Gasteiger partial charge is 0.507 e. The Morgan fingerprint density at radius 3 is 2.25 bits per heavy atom. The maximum atomic E-state index is 10.2. The predicted molar refractivity (Wildman–Crippen MR) is 72.1 cm³/mol. The summed E-state index contributed by atoms with van der Waals surface area (Å²) in [5.74, 6) is 0.722. The van der Waals surface area contributed by atoms with Gasteiger partial charge in [-0.05, 0) is 56.3 Å². The van der Waals surface area contributed by atoms with E-state index in [1.54, 1.807) is 0 Å². The summed E-state index contributed by atoms with van der Waals surface area (Å²) in [5, 5.41) is 10.2. The van der Waals surface area contributed by atoms with Crippen LogP contribution in [0.5, 0.6) is 5.75 Å². The van der Waals surface area contributed by atoms with E-state index in [1.807, 2.05) is 20.8 Å². The summed E-state index contributed by atoms with van der Waals surface area (Å²) >= 11 is 3.59. The van der Waals surface area contributed by atoms with Gasteiger partial charge in [0.2, 0.25) is 0 Å². The van der Waals surface area contributed by atoms with Crippen LogP contribution >= 0.6 is 15.9 Å². The Kier molecular flexibility index (Phi) is 4.39. The predicted octanol–water partition coefficient (Wildman–Crippen LogP) is 3.53. The Bertz CT molecular complexity index is 372. The fourth-order valence-electron chi connectivity index (χ4n) is 2.12. The summed E-state index contributed by atoms with van der Waals surface area (Å²) in [7, 11) is 0. The summed E-state index contributed by atoms with van der Waals surface area (Å²) in [5.41, 5.74) is 9.80. The molecule has 0 aliphatic carbocycles. The third-order valence-electron chi connectivity index (χ3n) is 3.33. The molecule has 0 heterocycles. The zero-order valence-electron chi connectivity index (χ0n) is 10.4. The van der Waals surface area contributed by atoms with Crippen LogP contribution in [0.4, 0.5) is 0 Å². The van der Waals surface area contributed by atoms with Crippen LogP contribution in [0.15, 0.2) is 4.47 Å². The number of nitrogens with two attached hydrogens (primary N) is 1. The third kappa shape index (κ3) is 2.25. The normalized spacial score (nSPS) is 12.9. The molecule has 0 aliphatic rings. The summed E-state index contributed by atoms with van der Waals surface area (Å²) in [6, 6.07) is 0. The lowest BCUT2D eigenvalue weighted by atomic mass is 9.89. The van der Waals surface area contributed by atoms with Crippen molar-refractivity contribution in [1.29, 1.82) is 0 Å². The minimum atomic E-state index is 0.292. The van der Waals surface area contributed by atoms with Crippen LogP contribution in [0.25, 0.3) is 0 Å². The van der Waals surface area contributed by atoms with Gasteiger partial charge < -0.3 is 10.8 Å². The SMILES string of the molecule is Cc1c(C)c(Br)c(C)c(C(C)CCN)c1O. The topological polar surface area (TPSA) is 46.2 Å². The number of rotatable bonds is 3. The van der Waals surface area contributed by atoms with Crippen molar-refractivity contribution in [2.45, 2.75) is 40.0 Å². The van der Waals surface area contributed by atoms with E-state index in [4.69, 9.17) is 5.73 Å². The van der Waals surface area contributed by atoms with Crippen LogP contribution in [0, 0.1) is 20.8 Å². The molecule has 0 radical (unpaired) electrons. The van der Waals surface area contributed by atoms with Gasteiger partial charge in [-0.1, -0.05) is 22.9 Å². The number of aromatic hydroxyl groups is 1. The molecule has 1 aromatic carbocycles. The average molecular weight is 286 g/mol. The minimum Gasteiger partial charge on any atom is -0.507 e. The first-order valence-corrected chi connectivity index (χ1v) is 6.39. The van der Waals surface area contributed by atoms with Crippen molar-refractivity contribution in [3.63, 3.8) is 0 Å². The molecule has 1 unspecified atom stereocenters. The number of benzene rings is 1. The molecule has 16 heavy (non-hydrogen) atoms. The second kappa shape index (κ2) is 5.19. The van der Waals surface area contributed by atoms with E-state index in [0.717, 1.165) is 33.1 Å². The molecule has 1 aromatic rings.